The van der Waals surface area contributed by atoms with E-state index in [2.05, 4.69) is 15.9 Å². The summed E-state index contributed by atoms with van der Waals surface area (Å²) in [4.78, 5) is 0. The van der Waals surface area contributed by atoms with Gasteiger partial charge in [0.25, 0.3) is 0 Å². The summed E-state index contributed by atoms with van der Waals surface area (Å²) in [6.45, 7) is 0. The van der Waals surface area contributed by atoms with Crippen LogP contribution in [0.2, 0.25) is 0 Å². The maximum atomic E-state index is 13.7. The Morgan fingerprint density at radius 1 is 1.27 bits per heavy atom. The van der Waals surface area contributed by atoms with Gasteiger partial charge in [0.1, 0.15) is 11.6 Å². The molecule has 0 heterocycles. The molecule has 0 saturated heterocycles. The molecule has 2 unspecified atom stereocenters. The molecule has 0 spiro atoms. The van der Waals surface area contributed by atoms with E-state index in [4.69, 9.17) is 5.73 Å². The van der Waals surface area contributed by atoms with E-state index in [-0.39, 0.29) is 17.5 Å². The van der Waals surface area contributed by atoms with Crippen LogP contribution in [0.3, 0.4) is 0 Å². The molecular weight excluding hydrogens is 264 g/mol. The fraction of sp³-hybridized carbons (Fsp3) is 0.455. The van der Waals surface area contributed by atoms with Crippen LogP contribution in [0.4, 0.5) is 8.78 Å². The number of hydrogen-bond donors (Lipinski definition) is 1. The Kier molecular flexibility index (Phi) is 3.07. The quantitative estimate of drug-likeness (QED) is 0.782. The predicted molar refractivity (Wildman–Crippen MR) is 58.6 cm³/mol. The SMILES string of the molecule is NC1CCCC1c1c(F)ccc(Br)c1F. The first-order valence-corrected chi connectivity index (χ1v) is 5.79. The third-order valence-corrected chi connectivity index (χ3v) is 3.63. The summed E-state index contributed by atoms with van der Waals surface area (Å²) in [6, 6.07) is 2.55. The molecule has 82 valence electrons. The zero-order valence-corrected chi connectivity index (χ0v) is 9.73. The Labute approximate surface area is 95.8 Å². The average molecular weight is 276 g/mol. The van der Waals surface area contributed by atoms with E-state index in [0.29, 0.717) is 4.47 Å². The predicted octanol–water partition coefficient (Wildman–Crippen LogP) is 3.32. The van der Waals surface area contributed by atoms with Crippen LogP contribution >= 0.6 is 15.9 Å². The van der Waals surface area contributed by atoms with Gasteiger partial charge in [-0.1, -0.05) is 6.42 Å². The summed E-state index contributed by atoms with van der Waals surface area (Å²) < 4.78 is 27.6. The molecule has 1 saturated carbocycles. The van der Waals surface area contributed by atoms with Gasteiger partial charge in [-0.3, -0.25) is 0 Å². The third-order valence-electron chi connectivity index (χ3n) is 3.02. The number of halogens is 3. The normalized spacial score (nSPS) is 25.9. The van der Waals surface area contributed by atoms with Crippen molar-refractivity contribution in [3.8, 4) is 0 Å². The van der Waals surface area contributed by atoms with Gasteiger partial charge in [0.2, 0.25) is 0 Å². The second-order valence-electron chi connectivity index (χ2n) is 3.96. The van der Waals surface area contributed by atoms with Gasteiger partial charge in [0, 0.05) is 17.5 Å². The second kappa shape index (κ2) is 4.18. The van der Waals surface area contributed by atoms with Gasteiger partial charge in [-0.25, -0.2) is 8.78 Å². The fourth-order valence-corrected chi connectivity index (χ4v) is 2.58. The van der Waals surface area contributed by atoms with Gasteiger partial charge in [0.15, 0.2) is 0 Å². The molecule has 1 fully saturated rings. The van der Waals surface area contributed by atoms with Crippen LogP contribution in [0.15, 0.2) is 16.6 Å². The molecule has 15 heavy (non-hydrogen) atoms. The first kappa shape index (κ1) is 11.0. The lowest BCUT2D eigenvalue weighted by Crippen LogP contribution is -2.24. The van der Waals surface area contributed by atoms with Crippen molar-refractivity contribution < 1.29 is 8.78 Å². The zero-order chi connectivity index (χ0) is 11.0. The van der Waals surface area contributed by atoms with Crippen molar-refractivity contribution in [1.29, 1.82) is 0 Å². The van der Waals surface area contributed by atoms with Crippen LogP contribution in [-0.4, -0.2) is 6.04 Å². The fourth-order valence-electron chi connectivity index (χ4n) is 2.23. The van der Waals surface area contributed by atoms with Crippen molar-refractivity contribution in [2.75, 3.05) is 0 Å². The van der Waals surface area contributed by atoms with E-state index in [1.54, 1.807) is 0 Å². The molecule has 0 amide bonds. The van der Waals surface area contributed by atoms with Gasteiger partial charge in [-0.2, -0.15) is 0 Å². The van der Waals surface area contributed by atoms with Crippen LogP contribution in [0.5, 0.6) is 0 Å². The Morgan fingerprint density at radius 2 is 2.00 bits per heavy atom. The topological polar surface area (TPSA) is 26.0 Å². The highest BCUT2D eigenvalue weighted by molar-refractivity contribution is 9.10. The van der Waals surface area contributed by atoms with Crippen molar-refractivity contribution in [3.05, 3.63) is 33.8 Å². The minimum Gasteiger partial charge on any atom is -0.327 e. The maximum Gasteiger partial charge on any atom is 0.143 e. The Bertz CT molecular complexity index is 381. The van der Waals surface area contributed by atoms with Crippen LogP contribution < -0.4 is 5.73 Å². The van der Waals surface area contributed by atoms with E-state index < -0.39 is 11.6 Å². The first-order chi connectivity index (χ1) is 7.11. The minimum atomic E-state index is -0.502. The van der Waals surface area contributed by atoms with Crippen LogP contribution in [0.1, 0.15) is 30.7 Å². The molecule has 1 aromatic carbocycles. The molecule has 1 aromatic rings. The summed E-state index contributed by atoms with van der Waals surface area (Å²) in [5, 5.41) is 0. The summed E-state index contributed by atoms with van der Waals surface area (Å²) in [7, 11) is 0. The van der Waals surface area contributed by atoms with Crippen molar-refractivity contribution in [2.24, 2.45) is 5.73 Å². The smallest absolute Gasteiger partial charge is 0.143 e. The van der Waals surface area contributed by atoms with Gasteiger partial charge < -0.3 is 5.73 Å². The second-order valence-corrected chi connectivity index (χ2v) is 4.81. The lowest BCUT2D eigenvalue weighted by atomic mass is 9.93. The lowest BCUT2D eigenvalue weighted by Gasteiger charge is -2.17. The zero-order valence-electron chi connectivity index (χ0n) is 8.14. The Balaban J connectivity index is 2.46. The molecule has 4 heteroatoms. The van der Waals surface area contributed by atoms with Crippen LogP contribution in [-0.2, 0) is 0 Å². The summed E-state index contributed by atoms with van der Waals surface area (Å²) in [6.07, 6.45) is 2.55. The number of hydrogen-bond acceptors (Lipinski definition) is 1. The molecule has 0 aromatic heterocycles. The highest BCUT2D eigenvalue weighted by Crippen LogP contribution is 2.37. The molecular formula is C11H12BrF2N. The van der Waals surface area contributed by atoms with Crippen molar-refractivity contribution >= 4 is 15.9 Å². The van der Waals surface area contributed by atoms with E-state index in [1.807, 2.05) is 0 Å². The van der Waals surface area contributed by atoms with Gasteiger partial charge >= 0.3 is 0 Å². The molecule has 2 atom stereocenters. The Hall–Kier alpha value is -0.480. The summed E-state index contributed by atoms with van der Waals surface area (Å²) in [5.41, 5.74) is 6.00. The van der Waals surface area contributed by atoms with Crippen molar-refractivity contribution in [1.82, 2.24) is 0 Å². The first-order valence-electron chi connectivity index (χ1n) is 5.00. The van der Waals surface area contributed by atoms with Gasteiger partial charge in [0.05, 0.1) is 4.47 Å². The molecule has 0 bridgehead atoms. The number of benzene rings is 1. The standard InChI is InChI=1S/C11H12BrF2N/c12-7-4-5-8(13)10(11(7)14)6-2-1-3-9(6)15/h4-6,9H,1-3,15H2. The lowest BCUT2D eigenvalue weighted by molar-refractivity contribution is 0.499. The van der Waals surface area contributed by atoms with E-state index >= 15 is 0 Å². The summed E-state index contributed by atoms with van der Waals surface area (Å²) in [5.74, 6) is -1.17. The van der Waals surface area contributed by atoms with Crippen LogP contribution in [0.25, 0.3) is 0 Å². The minimum absolute atomic E-state index is 0.122. The Morgan fingerprint density at radius 3 is 2.60 bits per heavy atom. The van der Waals surface area contributed by atoms with Gasteiger partial charge in [-0.15, -0.1) is 0 Å². The summed E-state index contributed by atoms with van der Waals surface area (Å²) >= 11 is 3.06. The molecule has 1 nitrogen and oxygen atoms in total. The molecule has 1 aliphatic carbocycles. The highest BCUT2D eigenvalue weighted by Gasteiger charge is 2.30. The van der Waals surface area contributed by atoms with Crippen molar-refractivity contribution in [3.63, 3.8) is 0 Å². The molecule has 2 rings (SSSR count). The van der Waals surface area contributed by atoms with E-state index in [9.17, 15) is 8.78 Å². The van der Waals surface area contributed by atoms with E-state index in [1.165, 1.54) is 12.1 Å². The largest absolute Gasteiger partial charge is 0.327 e. The van der Waals surface area contributed by atoms with Gasteiger partial charge in [-0.05, 0) is 40.9 Å². The van der Waals surface area contributed by atoms with Crippen LogP contribution in [0, 0.1) is 11.6 Å². The van der Waals surface area contributed by atoms with E-state index in [0.717, 1.165) is 19.3 Å². The number of nitrogens with two attached hydrogens (primary N) is 1. The molecule has 0 aliphatic heterocycles. The molecule has 2 N–H and O–H groups in total. The third kappa shape index (κ3) is 1.93. The van der Waals surface area contributed by atoms with Crippen molar-refractivity contribution in [2.45, 2.75) is 31.2 Å². The monoisotopic (exact) mass is 275 g/mol. The highest BCUT2D eigenvalue weighted by atomic mass is 79.9. The molecule has 1 aliphatic rings. The maximum absolute atomic E-state index is 13.7. The average Bonchev–Trinajstić information content (AvgIpc) is 2.60. The molecule has 0 radical (unpaired) electrons. The number of rotatable bonds is 1.